The van der Waals surface area contributed by atoms with Crippen LogP contribution >= 0.6 is 0 Å². The number of ether oxygens (including phenoxy) is 1. The maximum Gasteiger partial charge on any atom is 0.416 e. The lowest BCUT2D eigenvalue weighted by atomic mass is 10.0. The standard InChI is InChI=1S/C20H15F4N3O2/c1-29-16-9-6-13(11-26-16)19(28)27-17(18-15(21)3-2-10-25-18)12-4-7-14(8-5-12)20(22,23)24/h2-11,17H,1H3,(H,27,28)/t17-/m0/s1. The second kappa shape index (κ2) is 8.26. The van der Waals surface area contributed by atoms with Crippen molar-refractivity contribution in [3.05, 3.63) is 89.1 Å². The van der Waals surface area contributed by atoms with E-state index in [1.54, 1.807) is 0 Å². The van der Waals surface area contributed by atoms with E-state index in [0.717, 1.165) is 18.2 Å². The molecule has 0 saturated heterocycles. The first kappa shape index (κ1) is 20.2. The third-order valence-electron chi connectivity index (χ3n) is 4.11. The molecule has 0 unspecified atom stereocenters. The molecule has 2 heterocycles. The summed E-state index contributed by atoms with van der Waals surface area (Å²) in [5.41, 5.74) is -0.571. The third kappa shape index (κ3) is 4.68. The lowest BCUT2D eigenvalue weighted by Crippen LogP contribution is -2.30. The van der Waals surface area contributed by atoms with Crippen molar-refractivity contribution in [2.75, 3.05) is 7.11 Å². The highest BCUT2D eigenvalue weighted by Gasteiger charge is 2.31. The van der Waals surface area contributed by atoms with Gasteiger partial charge in [0.05, 0.1) is 24.3 Å². The summed E-state index contributed by atoms with van der Waals surface area (Å²) in [5, 5.41) is 2.60. The maximum atomic E-state index is 14.3. The van der Waals surface area contributed by atoms with Gasteiger partial charge in [-0.1, -0.05) is 12.1 Å². The van der Waals surface area contributed by atoms with Crippen LogP contribution in [0.2, 0.25) is 0 Å². The molecular formula is C20H15F4N3O2. The first-order valence-corrected chi connectivity index (χ1v) is 8.38. The summed E-state index contributed by atoms with van der Waals surface area (Å²) in [7, 11) is 1.42. The Kier molecular flexibility index (Phi) is 5.76. The van der Waals surface area contributed by atoms with E-state index in [1.165, 1.54) is 49.8 Å². The molecule has 0 aliphatic rings. The number of carbonyl (C=O) groups excluding carboxylic acids is 1. The number of methoxy groups -OCH3 is 1. The summed E-state index contributed by atoms with van der Waals surface area (Å²) in [6, 6.07) is 8.44. The van der Waals surface area contributed by atoms with Crippen molar-refractivity contribution in [2.24, 2.45) is 0 Å². The van der Waals surface area contributed by atoms with E-state index in [9.17, 15) is 22.4 Å². The first-order valence-electron chi connectivity index (χ1n) is 8.38. The molecule has 0 aliphatic heterocycles. The summed E-state index contributed by atoms with van der Waals surface area (Å²) >= 11 is 0. The molecule has 0 aliphatic carbocycles. The second-order valence-electron chi connectivity index (χ2n) is 5.99. The number of pyridine rings is 2. The summed E-state index contributed by atoms with van der Waals surface area (Å²) in [6.07, 6.45) is -1.91. The number of amides is 1. The molecule has 0 saturated carbocycles. The Hall–Kier alpha value is -3.49. The molecule has 5 nitrogen and oxygen atoms in total. The predicted octanol–water partition coefficient (Wildman–Crippen LogP) is 4.16. The van der Waals surface area contributed by atoms with Gasteiger partial charge in [-0.05, 0) is 35.9 Å². The Morgan fingerprint density at radius 2 is 1.79 bits per heavy atom. The monoisotopic (exact) mass is 405 g/mol. The second-order valence-corrected chi connectivity index (χ2v) is 5.99. The number of rotatable bonds is 5. The lowest BCUT2D eigenvalue weighted by Gasteiger charge is -2.20. The highest BCUT2D eigenvalue weighted by Crippen LogP contribution is 2.31. The maximum absolute atomic E-state index is 14.3. The minimum Gasteiger partial charge on any atom is -0.481 e. The van der Waals surface area contributed by atoms with Crippen molar-refractivity contribution in [1.29, 1.82) is 0 Å². The topological polar surface area (TPSA) is 64.1 Å². The average Bonchev–Trinajstić information content (AvgIpc) is 2.72. The van der Waals surface area contributed by atoms with Gasteiger partial charge in [-0.3, -0.25) is 9.78 Å². The van der Waals surface area contributed by atoms with Gasteiger partial charge < -0.3 is 10.1 Å². The van der Waals surface area contributed by atoms with Crippen molar-refractivity contribution >= 4 is 5.91 Å². The Bertz CT molecular complexity index is 990. The fraction of sp³-hybridized carbons (Fsp3) is 0.150. The van der Waals surface area contributed by atoms with Gasteiger partial charge in [-0.25, -0.2) is 9.37 Å². The van der Waals surface area contributed by atoms with E-state index >= 15 is 0 Å². The molecule has 0 bridgehead atoms. The van der Waals surface area contributed by atoms with E-state index in [2.05, 4.69) is 15.3 Å². The number of alkyl halides is 3. The average molecular weight is 405 g/mol. The minimum atomic E-state index is -4.51. The quantitative estimate of drug-likeness (QED) is 0.648. The van der Waals surface area contributed by atoms with Gasteiger partial charge in [0.1, 0.15) is 11.5 Å². The summed E-state index contributed by atoms with van der Waals surface area (Å²) in [6.45, 7) is 0. The van der Waals surface area contributed by atoms with Crippen LogP contribution in [0.5, 0.6) is 5.88 Å². The third-order valence-corrected chi connectivity index (χ3v) is 4.11. The molecule has 0 radical (unpaired) electrons. The van der Waals surface area contributed by atoms with Gasteiger partial charge in [0.2, 0.25) is 5.88 Å². The SMILES string of the molecule is COc1ccc(C(=O)N[C@@H](c2ccc(C(F)(F)F)cc2)c2ncccc2F)cn1. The summed E-state index contributed by atoms with van der Waals surface area (Å²) in [4.78, 5) is 20.5. The molecule has 0 spiro atoms. The van der Waals surface area contributed by atoms with Crippen LogP contribution in [0.3, 0.4) is 0 Å². The molecule has 0 fully saturated rings. The minimum absolute atomic E-state index is 0.123. The zero-order valence-corrected chi connectivity index (χ0v) is 15.1. The van der Waals surface area contributed by atoms with E-state index < -0.39 is 29.5 Å². The van der Waals surface area contributed by atoms with Crippen LogP contribution in [-0.4, -0.2) is 23.0 Å². The zero-order chi connectivity index (χ0) is 21.0. The molecule has 1 atom stereocenters. The van der Waals surface area contributed by atoms with Gasteiger partial charge in [0.15, 0.2) is 0 Å². The van der Waals surface area contributed by atoms with E-state index in [1.807, 2.05) is 0 Å². The Morgan fingerprint density at radius 3 is 2.34 bits per heavy atom. The molecule has 2 aromatic heterocycles. The van der Waals surface area contributed by atoms with Crippen LogP contribution in [-0.2, 0) is 6.18 Å². The van der Waals surface area contributed by atoms with Crippen LogP contribution in [0.4, 0.5) is 17.6 Å². The van der Waals surface area contributed by atoms with Gasteiger partial charge in [0, 0.05) is 18.5 Å². The van der Waals surface area contributed by atoms with Crippen molar-refractivity contribution in [3.8, 4) is 5.88 Å². The smallest absolute Gasteiger partial charge is 0.416 e. The zero-order valence-electron chi connectivity index (χ0n) is 15.1. The summed E-state index contributed by atoms with van der Waals surface area (Å²) < 4.78 is 57.8. The number of hydrogen-bond acceptors (Lipinski definition) is 4. The highest BCUT2D eigenvalue weighted by molar-refractivity contribution is 5.94. The number of aromatic nitrogens is 2. The normalized spacial score (nSPS) is 12.3. The van der Waals surface area contributed by atoms with Crippen LogP contribution < -0.4 is 10.1 Å². The molecule has 1 amide bonds. The lowest BCUT2D eigenvalue weighted by molar-refractivity contribution is -0.137. The number of halogens is 4. The van der Waals surface area contributed by atoms with Crippen LogP contribution in [0, 0.1) is 5.82 Å². The van der Waals surface area contributed by atoms with Crippen molar-refractivity contribution in [1.82, 2.24) is 15.3 Å². The molecule has 9 heteroatoms. The van der Waals surface area contributed by atoms with E-state index in [0.29, 0.717) is 5.88 Å². The van der Waals surface area contributed by atoms with Crippen molar-refractivity contribution in [3.63, 3.8) is 0 Å². The highest BCUT2D eigenvalue weighted by atomic mass is 19.4. The number of hydrogen-bond donors (Lipinski definition) is 1. The molecule has 1 aromatic carbocycles. The van der Waals surface area contributed by atoms with Gasteiger partial charge in [-0.2, -0.15) is 13.2 Å². The Balaban J connectivity index is 1.95. The number of nitrogens with one attached hydrogen (secondary N) is 1. The predicted molar refractivity (Wildman–Crippen MR) is 95.7 cm³/mol. The van der Waals surface area contributed by atoms with Gasteiger partial charge >= 0.3 is 6.18 Å². The first-order chi connectivity index (χ1) is 13.8. The molecule has 150 valence electrons. The fourth-order valence-electron chi connectivity index (χ4n) is 2.63. The molecule has 3 aromatic rings. The molecule has 3 rings (SSSR count). The number of nitrogens with zero attached hydrogens (tertiary/aromatic N) is 2. The van der Waals surface area contributed by atoms with Crippen molar-refractivity contribution < 1.29 is 27.1 Å². The van der Waals surface area contributed by atoms with Gasteiger partial charge in [0.25, 0.3) is 5.91 Å². The Morgan fingerprint density at radius 1 is 1.07 bits per heavy atom. The molecule has 1 N–H and O–H groups in total. The largest absolute Gasteiger partial charge is 0.481 e. The Labute approximate surface area is 163 Å². The van der Waals surface area contributed by atoms with Crippen LogP contribution in [0.1, 0.15) is 33.2 Å². The van der Waals surface area contributed by atoms with Crippen molar-refractivity contribution in [2.45, 2.75) is 12.2 Å². The van der Waals surface area contributed by atoms with Crippen LogP contribution in [0.25, 0.3) is 0 Å². The van der Waals surface area contributed by atoms with E-state index in [-0.39, 0.29) is 16.8 Å². The summed E-state index contributed by atoms with van der Waals surface area (Å²) in [5.74, 6) is -1.00. The fourth-order valence-corrected chi connectivity index (χ4v) is 2.63. The van der Waals surface area contributed by atoms with Gasteiger partial charge in [-0.15, -0.1) is 0 Å². The molecule has 29 heavy (non-hydrogen) atoms. The number of carbonyl (C=O) groups is 1. The van der Waals surface area contributed by atoms with Crippen LogP contribution in [0.15, 0.2) is 60.9 Å². The number of benzene rings is 1. The molecular weight excluding hydrogens is 390 g/mol. The van der Waals surface area contributed by atoms with E-state index in [4.69, 9.17) is 4.74 Å².